The maximum Gasteiger partial charge on any atom is 0.191 e. The maximum absolute atomic E-state index is 5.46. The van der Waals surface area contributed by atoms with Gasteiger partial charge in [0, 0.05) is 39.9 Å². The largest absolute Gasteiger partial charge is 0.382 e. The second-order valence-corrected chi connectivity index (χ2v) is 5.93. The summed E-state index contributed by atoms with van der Waals surface area (Å²) in [5.41, 5.74) is 2.22. The maximum atomic E-state index is 5.46. The summed E-state index contributed by atoms with van der Waals surface area (Å²) >= 11 is 0. The van der Waals surface area contributed by atoms with Gasteiger partial charge in [-0.15, -0.1) is 24.0 Å². The van der Waals surface area contributed by atoms with Crippen molar-refractivity contribution in [2.75, 3.05) is 46.6 Å². The molecule has 0 fully saturated rings. The van der Waals surface area contributed by atoms with Gasteiger partial charge >= 0.3 is 0 Å². The Kier molecular flexibility index (Phi) is 12.8. The molecule has 0 saturated heterocycles. The zero-order chi connectivity index (χ0) is 18.5. The van der Waals surface area contributed by atoms with Crippen molar-refractivity contribution in [2.45, 2.75) is 26.3 Å². The minimum atomic E-state index is 0. The van der Waals surface area contributed by atoms with Gasteiger partial charge in [-0.1, -0.05) is 12.1 Å². The number of aliphatic imine (C=N–C) groups is 1. The molecular weight excluding hydrogens is 457 g/mol. The first-order valence-corrected chi connectivity index (χ1v) is 9.34. The average molecular weight is 489 g/mol. The summed E-state index contributed by atoms with van der Waals surface area (Å²) in [4.78, 5) is 9.06. The minimum Gasteiger partial charge on any atom is -0.382 e. The van der Waals surface area contributed by atoms with Gasteiger partial charge in [-0.2, -0.15) is 0 Å². The average Bonchev–Trinajstić information content (AvgIpc) is 3.07. The first-order chi connectivity index (χ1) is 12.8. The van der Waals surface area contributed by atoms with Gasteiger partial charge in [0.25, 0.3) is 0 Å². The van der Waals surface area contributed by atoms with E-state index in [0.717, 1.165) is 57.1 Å². The molecule has 2 N–H and O–H groups in total. The number of imidazole rings is 1. The van der Waals surface area contributed by atoms with Crippen molar-refractivity contribution in [3.05, 3.63) is 30.6 Å². The molecule has 0 amide bonds. The van der Waals surface area contributed by atoms with Crippen LogP contribution in [0, 0.1) is 0 Å². The Morgan fingerprint density at radius 3 is 2.81 bits per heavy atom. The molecule has 8 heteroatoms. The first-order valence-electron chi connectivity index (χ1n) is 9.34. The molecule has 0 spiro atoms. The number of ether oxygens (including phenoxy) is 2. The molecule has 152 valence electrons. The zero-order valence-corrected chi connectivity index (χ0v) is 18.6. The van der Waals surface area contributed by atoms with Crippen LogP contribution in [0.3, 0.4) is 0 Å². The molecule has 7 nitrogen and oxygen atoms in total. The van der Waals surface area contributed by atoms with Crippen molar-refractivity contribution in [1.82, 2.24) is 20.2 Å². The highest BCUT2D eigenvalue weighted by Crippen LogP contribution is 2.11. The third kappa shape index (κ3) is 8.89. The zero-order valence-electron chi connectivity index (χ0n) is 16.3. The van der Waals surface area contributed by atoms with E-state index in [1.807, 2.05) is 24.5 Å². The SMILES string of the molecule is CCNC(=NCCCn1cnc2ccccc21)NCCCOCCOC.I. The summed E-state index contributed by atoms with van der Waals surface area (Å²) in [6.45, 7) is 7.46. The third-order valence-corrected chi connectivity index (χ3v) is 3.89. The highest BCUT2D eigenvalue weighted by atomic mass is 127. The molecule has 0 aliphatic rings. The van der Waals surface area contributed by atoms with Crippen LogP contribution in [-0.2, 0) is 16.0 Å². The fourth-order valence-electron chi connectivity index (χ4n) is 2.59. The Balaban J connectivity index is 0.00000364. The lowest BCUT2D eigenvalue weighted by molar-refractivity contribution is 0.0698. The fraction of sp³-hybridized carbons (Fsp3) is 0.579. The van der Waals surface area contributed by atoms with Gasteiger partial charge in [-0.05, 0) is 31.9 Å². The number of fused-ring (bicyclic) bond motifs is 1. The summed E-state index contributed by atoms with van der Waals surface area (Å²) < 4.78 is 12.6. The standard InChI is InChI=1S/C19H31N5O2.HI/c1-3-20-19(22-11-7-13-26-15-14-25-2)21-10-6-12-24-16-23-17-8-4-5-9-18(17)24;/h4-5,8-9,16H,3,6-7,10-15H2,1-2H3,(H2,20,21,22);1H. The van der Waals surface area contributed by atoms with Gasteiger partial charge in [-0.3, -0.25) is 4.99 Å². The summed E-state index contributed by atoms with van der Waals surface area (Å²) in [5.74, 6) is 0.861. The highest BCUT2D eigenvalue weighted by molar-refractivity contribution is 14.0. The van der Waals surface area contributed by atoms with Crippen LogP contribution in [0.25, 0.3) is 11.0 Å². The van der Waals surface area contributed by atoms with Crippen LogP contribution in [-0.4, -0.2) is 62.1 Å². The van der Waals surface area contributed by atoms with E-state index in [9.17, 15) is 0 Å². The van der Waals surface area contributed by atoms with Crippen molar-refractivity contribution >= 4 is 41.0 Å². The van der Waals surface area contributed by atoms with Gasteiger partial charge in [0.2, 0.25) is 0 Å². The van der Waals surface area contributed by atoms with E-state index in [0.29, 0.717) is 13.2 Å². The van der Waals surface area contributed by atoms with Crippen LogP contribution < -0.4 is 10.6 Å². The van der Waals surface area contributed by atoms with E-state index in [2.05, 4.69) is 38.2 Å². The molecule has 1 aromatic carbocycles. The van der Waals surface area contributed by atoms with Crippen LogP contribution >= 0.6 is 24.0 Å². The first kappa shape index (κ1) is 23.6. The van der Waals surface area contributed by atoms with Crippen molar-refractivity contribution in [3.8, 4) is 0 Å². The Morgan fingerprint density at radius 2 is 2.00 bits per heavy atom. The molecule has 0 saturated carbocycles. The van der Waals surface area contributed by atoms with E-state index < -0.39 is 0 Å². The molecule has 0 bridgehead atoms. The fourth-order valence-corrected chi connectivity index (χ4v) is 2.59. The van der Waals surface area contributed by atoms with Crippen LogP contribution in [0.5, 0.6) is 0 Å². The molecule has 0 unspecified atom stereocenters. The lowest BCUT2D eigenvalue weighted by Gasteiger charge is -2.11. The Bertz CT molecular complexity index is 662. The third-order valence-electron chi connectivity index (χ3n) is 3.89. The lowest BCUT2D eigenvalue weighted by atomic mass is 10.3. The van der Waals surface area contributed by atoms with Crippen molar-refractivity contribution < 1.29 is 9.47 Å². The minimum absolute atomic E-state index is 0. The smallest absolute Gasteiger partial charge is 0.191 e. The number of nitrogens with one attached hydrogen (secondary N) is 2. The summed E-state index contributed by atoms with van der Waals surface area (Å²) in [5, 5.41) is 6.62. The molecule has 0 radical (unpaired) electrons. The van der Waals surface area contributed by atoms with Gasteiger partial charge < -0.3 is 24.7 Å². The molecule has 0 aliphatic heterocycles. The number of guanidine groups is 1. The van der Waals surface area contributed by atoms with E-state index in [4.69, 9.17) is 9.47 Å². The number of nitrogens with zero attached hydrogens (tertiary/aromatic N) is 3. The monoisotopic (exact) mass is 489 g/mol. The summed E-state index contributed by atoms with van der Waals surface area (Å²) in [7, 11) is 1.68. The highest BCUT2D eigenvalue weighted by Gasteiger charge is 2.01. The van der Waals surface area contributed by atoms with Gasteiger partial charge in [0.15, 0.2) is 5.96 Å². The van der Waals surface area contributed by atoms with Crippen molar-refractivity contribution in [2.24, 2.45) is 4.99 Å². The molecule has 2 aromatic rings. The topological polar surface area (TPSA) is 72.7 Å². The quantitative estimate of drug-likeness (QED) is 0.208. The number of aryl methyl sites for hydroxylation is 1. The van der Waals surface area contributed by atoms with E-state index >= 15 is 0 Å². The number of benzene rings is 1. The van der Waals surface area contributed by atoms with E-state index in [1.165, 1.54) is 5.52 Å². The number of rotatable bonds is 12. The molecule has 1 aromatic heterocycles. The number of aromatic nitrogens is 2. The predicted octanol–water partition coefficient (Wildman–Crippen LogP) is 2.65. The number of halogens is 1. The Labute approximate surface area is 178 Å². The molecule has 0 atom stereocenters. The van der Waals surface area contributed by atoms with Crippen molar-refractivity contribution in [1.29, 1.82) is 0 Å². The predicted molar refractivity (Wildman–Crippen MR) is 121 cm³/mol. The Morgan fingerprint density at radius 1 is 1.15 bits per heavy atom. The van der Waals surface area contributed by atoms with Crippen LogP contribution in [0.4, 0.5) is 0 Å². The van der Waals surface area contributed by atoms with Crippen LogP contribution in [0.1, 0.15) is 19.8 Å². The summed E-state index contributed by atoms with van der Waals surface area (Å²) in [6.07, 6.45) is 3.81. The van der Waals surface area contributed by atoms with E-state index in [-0.39, 0.29) is 24.0 Å². The molecule has 0 aliphatic carbocycles. The molecule has 27 heavy (non-hydrogen) atoms. The van der Waals surface area contributed by atoms with Gasteiger partial charge in [0.05, 0.1) is 30.6 Å². The van der Waals surface area contributed by atoms with Crippen LogP contribution in [0.2, 0.25) is 0 Å². The second kappa shape index (κ2) is 14.6. The molecular formula is C19H32IN5O2. The number of hydrogen-bond acceptors (Lipinski definition) is 4. The van der Waals surface area contributed by atoms with Gasteiger partial charge in [0.1, 0.15) is 0 Å². The normalized spacial score (nSPS) is 11.4. The summed E-state index contributed by atoms with van der Waals surface area (Å²) in [6, 6.07) is 8.20. The Hall–Kier alpha value is -1.39. The number of para-hydroxylation sites is 2. The molecule has 1 heterocycles. The van der Waals surface area contributed by atoms with Gasteiger partial charge in [-0.25, -0.2) is 4.98 Å². The van der Waals surface area contributed by atoms with Crippen LogP contribution in [0.15, 0.2) is 35.6 Å². The number of hydrogen-bond donors (Lipinski definition) is 2. The number of methoxy groups -OCH3 is 1. The van der Waals surface area contributed by atoms with Crippen molar-refractivity contribution in [3.63, 3.8) is 0 Å². The molecule has 2 rings (SSSR count). The lowest BCUT2D eigenvalue weighted by Crippen LogP contribution is -2.38. The second-order valence-electron chi connectivity index (χ2n) is 5.93. The van der Waals surface area contributed by atoms with E-state index in [1.54, 1.807) is 7.11 Å².